The monoisotopic (exact) mass is 484 g/mol. The van der Waals surface area contributed by atoms with E-state index in [1.54, 1.807) is 13.1 Å². The van der Waals surface area contributed by atoms with Gasteiger partial charge in [-0.25, -0.2) is 8.42 Å². The molecule has 0 amide bonds. The fourth-order valence-electron chi connectivity index (χ4n) is 5.58. The lowest BCUT2D eigenvalue weighted by molar-refractivity contribution is -0.136. The van der Waals surface area contributed by atoms with Gasteiger partial charge >= 0.3 is 5.97 Å². The van der Waals surface area contributed by atoms with E-state index in [0.717, 1.165) is 53.3 Å². The molecule has 1 aromatic heterocycles. The number of aromatic nitrogens is 1. The Balaban J connectivity index is 2.14. The molecule has 7 nitrogen and oxygen atoms in total. The summed E-state index contributed by atoms with van der Waals surface area (Å²) in [4.78, 5) is 26.8. The van der Waals surface area contributed by atoms with Crippen molar-refractivity contribution >= 4 is 27.3 Å². The number of nitrogens with zero attached hydrogens (tertiary/aromatic N) is 1. The fourth-order valence-corrected chi connectivity index (χ4v) is 6.83. The molecule has 1 aliphatic heterocycles. The lowest BCUT2D eigenvalue weighted by Crippen LogP contribution is -2.37. The van der Waals surface area contributed by atoms with Gasteiger partial charge in [-0.15, -0.1) is 0 Å². The summed E-state index contributed by atoms with van der Waals surface area (Å²) in [6.07, 6.45) is 7.51. The van der Waals surface area contributed by atoms with E-state index in [9.17, 15) is 23.1 Å². The molecule has 34 heavy (non-hydrogen) atoms. The highest BCUT2D eigenvalue weighted by Gasteiger charge is 2.38. The van der Waals surface area contributed by atoms with Gasteiger partial charge in [-0.05, 0) is 78.8 Å². The molecule has 0 unspecified atom stereocenters. The Kier molecular flexibility index (Phi) is 5.79. The third kappa shape index (κ3) is 3.98. The van der Waals surface area contributed by atoms with Crippen molar-refractivity contribution in [2.24, 2.45) is 5.41 Å². The normalized spacial score (nSPS) is 19.3. The Morgan fingerprint density at radius 3 is 2.47 bits per heavy atom. The fraction of sp³-hybridized carbons (Fsp3) is 0.462. The van der Waals surface area contributed by atoms with Gasteiger partial charge in [0, 0.05) is 23.4 Å². The van der Waals surface area contributed by atoms with E-state index in [0.29, 0.717) is 22.4 Å². The third-order valence-electron chi connectivity index (χ3n) is 7.32. The maximum atomic E-state index is 13.0. The van der Waals surface area contributed by atoms with Crippen LogP contribution in [0.15, 0.2) is 23.1 Å². The zero-order chi connectivity index (χ0) is 25.2. The molecular weight excluding hydrogens is 452 g/mol. The van der Waals surface area contributed by atoms with Gasteiger partial charge in [-0.2, -0.15) is 0 Å². The average Bonchev–Trinajstić information content (AvgIpc) is 2.71. The number of allylic oxidation sites excluding steroid dienone is 2. The molecule has 0 fully saturated rings. The number of nitrogens with one attached hydrogen (secondary N) is 1. The molecule has 0 radical (unpaired) electrons. The molecule has 1 aromatic carbocycles. The van der Waals surface area contributed by atoms with Crippen molar-refractivity contribution in [3.05, 3.63) is 56.5 Å². The Bertz CT molecular complexity index is 1400. The van der Waals surface area contributed by atoms with E-state index >= 15 is 0 Å². The number of hydrogen-bond acceptors (Lipinski definition) is 4. The molecule has 4 rings (SSSR count). The molecule has 1 atom stereocenters. The number of rotatable bonds is 4. The van der Waals surface area contributed by atoms with Crippen molar-refractivity contribution in [1.29, 1.82) is 0 Å². The maximum Gasteiger partial charge on any atom is 0.307 e. The van der Waals surface area contributed by atoms with Crippen LogP contribution in [0.3, 0.4) is 0 Å². The predicted molar refractivity (Wildman–Crippen MR) is 135 cm³/mol. The Hall–Kier alpha value is -2.87. The van der Waals surface area contributed by atoms with Crippen LogP contribution < -0.4 is 9.86 Å². The molecule has 1 aliphatic carbocycles. The molecule has 2 aromatic rings. The first-order chi connectivity index (χ1) is 15.7. The molecule has 0 bridgehead atoms. The van der Waals surface area contributed by atoms with E-state index in [4.69, 9.17) is 0 Å². The summed E-state index contributed by atoms with van der Waals surface area (Å²) in [7, 11) is -3.72. The molecule has 8 heteroatoms. The number of H-pyrrole nitrogens is 1. The Morgan fingerprint density at radius 1 is 1.24 bits per heavy atom. The SMILES string of the molecule is Cc1c(C2=CCC(C)(C)CC2)c(CC(=O)O)c(C)c2c1-c1c[nH]c(=O)cc1[C@@H](C)N2S(C)(=O)=O. The zero-order valence-electron chi connectivity index (χ0n) is 20.6. The van der Waals surface area contributed by atoms with E-state index in [1.165, 1.54) is 10.4 Å². The molecule has 2 N–H and O–H groups in total. The molecule has 2 aliphatic rings. The van der Waals surface area contributed by atoms with Gasteiger partial charge in [0.2, 0.25) is 15.6 Å². The molecule has 0 saturated carbocycles. The summed E-state index contributed by atoms with van der Waals surface area (Å²) in [5.41, 5.74) is 6.70. The summed E-state index contributed by atoms with van der Waals surface area (Å²) in [5.74, 6) is -0.958. The number of aliphatic carboxylic acids is 1. The minimum Gasteiger partial charge on any atom is -0.481 e. The van der Waals surface area contributed by atoms with Gasteiger partial charge in [0.05, 0.1) is 24.4 Å². The predicted octanol–water partition coefficient (Wildman–Crippen LogP) is 4.72. The number of pyridine rings is 1. The van der Waals surface area contributed by atoms with Crippen LogP contribution >= 0.6 is 0 Å². The van der Waals surface area contributed by atoms with Gasteiger partial charge in [0.1, 0.15) is 0 Å². The molecule has 2 heterocycles. The number of sulfonamides is 1. The van der Waals surface area contributed by atoms with Gasteiger partial charge in [0.15, 0.2) is 0 Å². The van der Waals surface area contributed by atoms with Crippen molar-refractivity contribution in [3.8, 4) is 11.1 Å². The van der Waals surface area contributed by atoms with Crippen molar-refractivity contribution in [2.75, 3.05) is 10.6 Å². The van der Waals surface area contributed by atoms with Crippen molar-refractivity contribution in [3.63, 3.8) is 0 Å². The molecular formula is C26H32N2O5S. The number of carboxylic acids is 1. The minimum atomic E-state index is -3.72. The van der Waals surface area contributed by atoms with Gasteiger partial charge < -0.3 is 10.1 Å². The number of aromatic amines is 1. The summed E-state index contributed by atoms with van der Waals surface area (Å²) in [6, 6.07) is 0.861. The first kappa shape index (κ1) is 24.3. The standard InChI is InChI=1S/C26H32N2O5S/c1-14-18(12-22(30)31)23(17-7-9-26(4,5)10-8-17)15(2)24-20-13-27-21(29)11-19(20)16(3)28(25(14)24)34(6,32)33/h7,11,13,16H,8-10,12H2,1-6H3,(H,27,29)(H,30,31)/t16-/m1/s1. The number of carbonyl (C=O) groups is 1. The minimum absolute atomic E-state index is 0.183. The van der Waals surface area contributed by atoms with Crippen LogP contribution in [0.2, 0.25) is 0 Å². The number of hydrogen-bond donors (Lipinski definition) is 2. The summed E-state index contributed by atoms with van der Waals surface area (Å²) in [6.45, 7) is 9.95. The quantitative estimate of drug-likeness (QED) is 0.653. The third-order valence-corrected chi connectivity index (χ3v) is 8.54. The van der Waals surface area contributed by atoms with Crippen molar-refractivity contribution in [1.82, 2.24) is 4.98 Å². The van der Waals surface area contributed by atoms with Crippen LogP contribution in [0.4, 0.5) is 5.69 Å². The Morgan fingerprint density at radius 2 is 1.91 bits per heavy atom. The number of carboxylic acid groups (broad SMARTS) is 1. The van der Waals surface area contributed by atoms with Crippen LogP contribution in [0.1, 0.15) is 73.9 Å². The molecule has 0 spiro atoms. The second kappa shape index (κ2) is 8.12. The lowest BCUT2D eigenvalue weighted by atomic mass is 9.73. The smallest absolute Gasteiger partial charge is 0.307 e. The first-order valence-corrected chi connectivity index (χ1v) is 13.4. The van der Waals surface area contributed by atoms with Crippen LogP contribution in [-0.2, 0) is 21.2 Å². The highest BCUT2D eigenvalue weighted by Crippen LogP contribution is 2.52. The van der Waals surface area contributed by atoms with E-state index < -0.39 is 22.0 Å². The summed E-state index contributed by atoms with van der Waals surface area (Å²) < 4.78 is 27.4. The van der Waals surface area contributed by atoms with Crippen LogP contribution in [0.5, 0.6) is 0 Å². The summed E-state index contributed by atoms with van der Waals surface area (Å²) >= 11 is 0. The van der Waals surface area contributed by atoms with E-state index in [1.807, 2.05) is 13.8 Å². The number of anilines is 1. The van der Waals surface area contributed by atoms with Gasteiger partial charge in [-0.3, -0.25) is 13.9 Å². The van der Waals surface area contributed by atoms with Crippen LogP contribution in [-0.4, -0.2) is 30.7 Å². The number of fused-ring (bicyclic) bond motifs is 3. The second-order valence-corrected chi connectivity index (χ2v) is 12.3. The Labute approximate surface area is 200 Å². The van der Waals surface area contributed by atoms with Crippen LogP contribution in [0.25, 0.3) is 16.7 Å². The first-order valence-electron chi connectivity index (χ1n) is 11.5. The second-order valence-electron chi connectivity index (χ2n) is 10.4. The lowest BCUT2D eigenvalue weighted by Gasteiger charge is -2.40. The summed E-state index contributed by atoms with van der Waals surface area (Å²) in [5, 5.41) is 9.77. The van der Waals surface area contributed by atoms with Crippen molar-refractivity contribution < 1.29 is 18.3 Å². The maximum absolute atomic E-state index is 13.0. The van der Waals surface area contributed by atoms with Gasteiger partial charge in [0.25, 0.3) is 0 Å². The van der Waals surface area contributed by atoms with Gasteiger partial charge in [-0.1, -0.05) is 19.9 Å². The molecule has 182 valence electrons. The molecule has 0 saturated heterocycles. The van der Waals surface area contributed by atoms with Crippen LogP contribution in [0, 0.1) is 19.3 Å². The average molecular weight is 485 g/mol. The van der Waals surface area contributed by atoms with Crippen molar-refractivity contribution in [2.45, 2.75) is 66.3 Å². The highest BCUT2D eigenvalue weighted by atomic mass is 32.2. The van der Waals surface area contributed by atoms with E-state index in [-0.39, 0.29) is 17.4 Å². The zero-order valence-corrected chi connectivity index (χ0v) is 21.4. The topological polar surface area (TPSA) is 108 Å². The highest BCUT2D eigenvalue weighted by molar-refractivity contribution is 7.92. The largest absolute Gasteiger partial charge is 0.481 e. The van der Waals surface area contributed by atoms with E-state index in [2.05, 4.69) is 24.9 Å². The number of benzene rings is 1.